The third kappa shape index (κ3) is 2.04. The van der Waals surface area contributed by atoms with E-state index in [1.807, 2.05) is 0 Å². The fourth-order valence-electron chi connectivity index (χ4n) is 2.56. The van der Waals surface area contributed by atoms with Gasteiger partial charge in [0.25, 0.3) is 0 Å². The van der Waals surface area contributed by atoms with Crippen molar-refractivity contribution in [2.45, 2.75) is 38.6 Å². The highest BCUT2D eigenvalue weighted by Gasteiger charge is 2.38. The van der Waals surface area contributed by atoms with Crippen LogP contribution in [-0.4, -0.2) is 12.6 Å². The molecular formula is C13H20ClN. The van der Waals surface area contributed by atoms with E-state index in [1.54, 1.807) is 0 Å². The second kappa shape index (κ2) is 4.54. The molecular weight excluding hydrogens is 206 g/mol. The molecule has 1 nitrogen and oxygen atoms in total. The maximum Gasteiger partial charge on any atom is 0.0199 e. The zero-order valence-corrected chi connectivity index (χ0v) is 10.5. The molecule has 0 saturated heterocycles. The van der Waals surface area contributed by atoms with Crippen molar-refractivity contribution >= 4 is 12.4 Å². The first-order chi connectivity index (χ1) is 6.66. The van der Waals surface area contributed by atoms with E-state index < -0.39 is 0 Å². The molecule has 0 amide bonds. The predicted molar refractivity (Wildman–Crippen MR) is 67.9 cm³/mol. The van der Waals surface area contributed by atoms with Crippen LogP contribution >= 0.6 is 12.4 Å². The number of rotatable bonds is 2. The number of halogens is 1. The van der Waals surface area contributed by atoms with Crippen molar-refractivity contribution in [3.8, 4) is 0 Å². The van der Waals surface area contributed by atoms with Crippen LogP contribution in [0.1, 0.15) is 31.9 Å². The molecule has 1 unspecified atom stereocenters. The van der Waals surface area contributed by atoms with Crippen molar-refractivity contribution in [2.24, 2.45) is 0 Å². The molecule has 0 bridgehead atoms. The van der Waals surface area contributed by atoms with E-state index in [2.05, 4.69) is 50.4 Å². The fraction of sp³-hybridized carbons (Fsp3) is 0.538. The Labute approximate surface area is 98.7 Å². The highest BCUT2D eigenvalue weighted by atomic mass is 35.5. The summed E-state index contributed by atoms with van der Waals surface area (Å²) in [7, 11) is 0. The first-order valence-corrected chi connectivity index (χ1v) is 5.48. The molecule has 2 rings (SSSR count). The topological polar surface area (TPSA) is 12.0 Å². The van der Waals surface area contributed by atoms with Gasteiger partial charge in [0, 0.05) is 11.5 Å². The second-order valence-corrected chi connectivity index (χ2v) is 4.69. The summed E-state index contributed by atoms with van der Waals surface area (Å²) in [4.78, 5) is 0. The lowest BCUT2D eigenvalue weighted by atomic mass is 9.83. The van der Waals surface area contributed by atoms with E-state index in [9.17, 15) is 0 Å². The first kappa shape index (κ1) is 12.5. The lowest BCUT2D eigenvalue weighted by molar-refractivity contribution is 0.374. The van der Waals surface area contributed by atoms with Gasteiger partial charge in [0.15, 0.2) is 0 Å². The number of fused-ring (bicyclic) bond motifs is 1. The highest BCUT2D eigenvalue weighted by Crippen LogP contribution is 2.38. The molecule has 1 aliphatic carbocycles. The lowest BCUT2D eigenvalue weighted by Gasteiger charge is -2.28. The average molecular weight is 226 g/mol. The summed E-state index contributed by atoms with van der Waals surface area (Å²) in [6, 6.07) is 9.42. The molecule has 0 heterocycles. The summed E-state index contributed by atoms with van der Waals surface area (Å²) in [6.07, 6.45) is 1.18. The summed E-state index contributed by atoms with van der Waals surface area (Å²) in [6.45, 7) is 7.92. The Morgan fingerprint density at radius 2 is 2.00 bits per heavy atom. The largest absolute Gasteiger partial charge is 0.313 e. The minimum Gasteiger partial charge on any atom is -0.313 e. The SMILES string of the molecule is CCNC1Cc2ccccc2C1(C)C.Cl. The van der Waals surface area contributed by atoms with E-state index in [4.69, 9.17) is 0 Å². The van der Waals surface area contributed by atoms with E-state index in [-0.39, 0.29) is 17.8 Å². The van der Waals surface area contributed by atoms with Gasteiger partial charge in [-0.25, -0.2) is 0 Å². The van der Waals surface area contributed by atoms with Crippen molar-refractivity contribution in [3.05, 3.63) is 35.4 Å². The van der Waals surface area contributed by atoms with Crippen LogP contribution in [0, 0.1) is 0 Å². The monoisotopic (exact) mass is 225 g/mol. The summed E-state index contributed by atoms with van der Waals surface area (Å²) in [5.74, 6) is 0. The van der Waals surface area contributed by atoms with Crippen LogP contribution in [0.4, 0.5) is 0 Å². The second-order valence-electron chi connectivity index (χ2n) is 4.69. The summed E-state index contributed by atoms with van der Waals surface area (Å²) < 4.78 is 0. The van der Waals surface area contributed by atoms with Gasteiger partial charge in [-0.15, -0.1) is 12.4 Å². The number of likely N-dealkylation sites (N-methyl/N-ethyl adjacent to an activating group) is 1. The zero-order chi connectivity index (χ0) is 10.2. The van der Waals surface area contributed by atoms with Crippen LogP contribution in [0.25, 0.3) is 0 Å². The van der Waals surface area contributed by atoms with Crippen molar-refractivity contribution in [1.29, 1.82) is 0 Å². The van der Waals surface area contributed by atoms with Gasteiger partial charge in [-0.3, -0.25) is 0 Å². The summed E-state index contributed by atoms with van der Waals surface area (Å²) in [5, 5.41) is 3.58. The predicted octanol–water partition coefficient (Wildman–Crippen LogP) is 2.92. The number of nitrogens with one attached hydrogen (secondary N) is 1. The van der Waals surface area contributed by atoms with E-state index in [1.165, 1.54) is 17.5 Å². The quantitative estimate of drug-likeness (QED) is 0.816. The molecule has 1 aromatic rings. The normalized spacial score (nSPS) is 21.9. The molecule has 84 valence electrons. The van der Waals surface area contributed by atoms with Crippen LogP contribution in [0.3, 0.4) is 0 Å². The molecule has 2 heteroatoms. The van der Waals surface area contributed by atoms with Gasteiger partial charge in [-0.05, 0) is 24.1 Å². The van der Waals surface area contributed by atoms with Gasteiger partial charge in [0.05, 0.1) is 0 Å². The van der Waals surface area contributed by atoms with Crippen LogP contribution in [-0.2, 0) is 11.8 Å². The minimum atomic E-state index is 0. The van der Waals surface area contributed by atoms with Crippen LogP contribution in [0.15, 0.2) is 24.3 Å². The van der Waals surface area contributed by atoms with Crippen molar-refractivity contribution in [1.82, 2.24) is 5.32 Å². The standard InChI is InChI=1S/C13H19N.ClH/c1-4-14-12-9-10-7-5-6-8-11(10)13(12,2)3;/h5-8,12,14H,4,9H2,1-3H3;1H. The molecule has 1 aromatic carbocycles. The smallest absolute Gasteiger partial charge is 0.0199 e. The number of hydrogen-bond acceptors (Lipinski definition) is 1. The third-order valence-electron chi connectivity index (χ3n) is 3.46. The van der Waals surface area contributed by atoms with E-state index >= 15 is 0 Å². The Morgan fingerprint density at radius 1 is 1.33 bits per heavy atom. The maximum absolute atomic E-state index is 3.58. The molecule has 0 spiro atoms. The Kier molecular flexibility index (Phi) is 3.80. The van der Waals surface area contributed by atoms with Gasteiger partial charge in [0.2, 0.25) is 0 Å². The molecule has 1 atom stereocenters. The molecule has 0 saturated carbocycles. The van der Waals surface area contributed by atoms with Gasteiger partial charge in [-0.2, -0.15) is 0 Å². The third-order valence-corrected chi connectivity index (χ3v) is 3.46. The van der Waals surface area contributed by atoms with E-state index in [0.717, 1.165) is 6.54 Å². The Hall–Kier alpha value is -0.530. The van der Waals surface area contributed by atoms with Crippen molar-refractivity contribution < 1.29 is 0 Å². The number of benzene rings is 1. The Bertz CT molecular complexity index is 333. The summed E-state index contributed by atoms with van der Waals surface area (Å²) in [5.41, 5.74) is 3.32. The van der Waals surface area contributed by atoms with Crippen molar-refractivity contribution in [3.63, 3.8) is 0 Å². The van der Waals surface area contributed by atoms with Crippen LogP contribution in [0.5, 0.6) is 0 Å². The van der Waals surface area contributed by atoms with Gasteiger partial charge in [0.1, 0.15) is 0 Å². The fourth-order valence-corrected chi connectivity index (χ4v) is 2.56. The van der Waals surface area contributed by atoms with Gasteiger partial charge < -0.3 is 5.32 Å². The molecule has 1 N–H and O–H groups in total. The maximum atomic E-state index is 3.58. The zero-order valence-electron chi connectivity index (χ0n) is 9.71. The molecule has 0 fully saturated rings. The molecule has 0 aromatic heterocycles. The molecule has 1 aliphatic rings. The molecule has 0 radical (unpaired) electrons. The van der Waals surface area contributed by atoms with Gasteiger partial charge >= 0.3 is 0 Å². The van der Waals surface area contributed by atoms with Crippen LogP contribution < -0.4 is 5.32 Å². The Morgan fingerprint density at radius 3 is 2.60 bits per heavy atom. The highest BCUT2D eigenvalue weighted by molar-refractivity contribution is 5.85. The Balaban J connectivity index is 0.00000112. The molecule has 0 aliphatic heterocycles. The number of hydrogen-bond donors (Lipinski definition) is 1. The summed E-state index contributed by atoms with van der Waals surface area (Å²) >= 11 is 0. The van der Waals surface area contributed by atoms with E-state index in [0.29, 0.717) is 6.04 Å². The van der Waals surface area contributed by atoms with Crippen LogP contribution in [0.2, 0.25) is 0 Å². The molecule has 15 heavy (non-hydrogen) atoms. The van der Waals surface area contributed by atoms with Crippen molar-refractivity contribution in [2.75, 3.05) is 6.54 Å². The first-order valence-electron chi connectivity index (χ1n) is 5.48. The lowest BCUT2D eigenvalue weighted by Crippen LogP contribution is -2.41. The average Bonchev–Trinajstić information content (AvgIpc) is 2.41. The van der Waals surface area contributed by atoms with Gasteiger partial charge in [-0.1, -0.05) is 45.0 Å². The minimum absolute atomic E-state index is 0.